The lowest BCUT2D eigenvalue weighted by Crippen LogP contribution is -2.29. The van der Waals surface area contributed by atoms with Gasteiger partial charge in [-0.1, -0.05) is 19.1 Å². The molecule has 0 bridgehead atoms. The lowest BCUT2D eigenvalue weighted by molar-refractivity contribution is -0.139. The summed E-state index contributed by atoms with van der Waals surface area (Å²) in [5.74, 6) is -0.990. The smallest absolute Gasteiger partial charge is 0.417 e. The van der Waals surface area contributed by atoms with Crippen LogP contribution < -0.4 is 4.72 Å². The molecule has 11 heteroatoms. The van der Waals surface area contributed by atoms with Crippen LogP contribution in [0.4, 0.5) is 18.9 Å². The quantitative estimate of drug-likeness (QED) is 0.665. The van der Waals surface area contributed by atoms with E-state index in [4.69, 9.17) is 5.11 Å². The van der Waals surface area contributed by atoms with Gasteiger partial charge in [-0.05, 0) is 43.3 Å². The molecule has 0 aliphatic rings. The van der Waals surface area contributed by atoms with Gasteiger partial charge in [0.1, 0.15) is 0 Å². The number of likely N-dealkylation sites (N-methyl/N-ethyl adjacent to an activating group) is 1. The predicted molar refractivity (Wildman–Crippen MR) is 99.8 cm³/mol. The molecule has 0 aliphatic carbocycles. The topological polar surface area (TPSA) is 99.6 Å². The third kappa shape index (κ3) is 5.91. The number of rotatable bonds is 8. The highest BCUT2D eigenvalue weighted by atomic mass is 32.2. The monoisotopic (exact) mass is 431 g/mol. The summed E-state index contributed by atoms with van der Waals surface area (Å²) in [7, 11) is -2.56. The molecular formula is C18H20F3N3O4S. The maximum Gasteiger partial charge on any atom is 0.417 e. The zero-order chi connectivity index (χ0) is 21.8. The molecule has 0 saturated carbocycles. The van der Waals surface area contributed by atoms with Crippen LogP contribution in [0.5, 0.6) is 0 Å². The van der Waals surface area contributed by atoms with Crippen molar-refractivity contribution in [3.63, 3.8) is 0 Å². The van der Waals surface area contributed by atoms with Crippen molar-refractivity contribution in [2.75, 3.05) is 18.3 Å². The van der Waals surface area contributed by atoms with Crippen molar-refractivity contribution in [1.82, 2.24) is 9.88 Å². The molecule has 0 fully saturated rings. The molecule has 2 N–H and O–H groups in total. The molecule has 158 valence electrons. The van der Waals surface area contributed by atoms with Crippen molar-refractivity contribution in [1.29, 1.82) is 0 Å². The second kappa shape index (κ2) is 8.78. The van der Waals surface area contributed by atoms with E-state index < -0.39 is 32.8 Å². The van der Waals surface area contributed by atoms with Crippen molar-refractivity contribution in [3.8, 4) is 0 Å². The first kappa shape index (κ1) is 22.6. The largest absolute Gasteiger partial charge is 0.480 e. The number of halogens is 3. The van der Waals surface area contributed by atoms with Crippen molar-refractivity contribution in [2.45, 2.75) is 30.6 Å². The number of nitrogens with one attached hydrogen (secondary N) is 1. The number of hydrogen-bond acceptors (Lipinski definition) is 5. The normalized spacial score (nSPS) is 13.3. The van der Waals surface area contributed by atoms with E-state index in [1.165, 1.54) is 6.07 Å². The number of hydrogen-bond donors (Lipinski definition) is 2. The van der Waals surface area contributed by atoms with Gasteiger partial charge in [0.2, 0.25) is 0 Å². The van der Waals surface area contributed by atoms with E-state index in [1.54, 1.807) is 30.1 Å². The van der Waals surface area contributed by atoms with Crippen molar-refractivity contribution in [2.24, 2.45) is 0 Å². The lowest BCUT2D eigenvalue weighted by Gasteiger charge is -2.26. The Kier molecular flexibility index (Phi) is 6.85. The summed E-state index contributed by atoms with van der Waals surface area (Å²) in [4.78, 5) is 16.0. The number of benzene rings is 1. The zero-order valence-corrected chi connectivity index (χ0v) is 16.5. The molecule has 0 aliphatic heterocycles. The molecule has 0 radical (unpaired) electrons. The number of anilines is 1. The van der Waals surface area contributed by atoms with Gasteiger partial charge in [-0.2, -0.15) is 21.6 Å². The molecular weight excluding hydrogens is 411 g/mol. The second-order valence-electron chi connectivity index (χ2n) is 6.35. The fourth-order valence-corrected chi connectivity index (χ4v) is 3.83. The van der Waals surface area contributed by atoms with Gasteiger partial charge >= 0.3 is 12.1 Å². The average Bonchev–Trinajstić information content (AvgIpc) is 2.61. The molecule has 2 aromatic rings. The minimum absolute atomic E-state index is 0.186. The molecule has 1 aromatic carbocycles. The summed E-state index contributed by atoms with van der Waals surface area (Å²) >= 11 is 0. The zero-order valence-electron chi connectivity index (χ0n) is 15.6. The predicted octanol–water partition coefficient (Wildman–Crippen LogP) is 3.37. The van der Waals surface area contributed by atoms with Crippen LogP contribution in [0, 0.1) is 0 Å². The molecule has 1 atom stereocenters. The third-order valence-corrected chi connectivity index (χ3v) is 5.46. The minimum Gasteiger partial charge on any atom is -0.480 e. The number of nitrogens with zero attached hydrogens (tertiary/aromatic N) is 2. The van der Waals surface area contributed by atoms with Crippen LogP contribution in [-0.4, -0.2) is 43.0 Å². The Balaban J connectivity index is 2.25. The van der Waals surface area contributed by atoms with Crippen LogP contribution in [0.1, 0.15) is 30.5 Å². The Morgan fingerprint density at radius 1 is 1.28 bits per heavy atom. The van der Waals surface area contributed by atoms with Gasteiger partial charge in [0.25, 0.3) is 10.0 Å². The number of carboxylic acid groups (broad SMARTS) is 1. The molecule has 0 unspecified atom stereocenters. The molecule has 0 spiro atoms. The number of alkyl halides is 3. The van der Waals surface area contributed by atoms with E-state index in [0.717, 1.165) is 6.07 Å². The summed E-state index contributed by atoms with van der Waals surface area (Å²) < 4.78 is 65.0. The van der Waals surface area contributed by atoms with Gasteiger partial charge < -0.3 is 5.11 Å². The van der Waals surface area contributed by atoms with Crippen molar-refractivity contribution >= 4 is 21.7 Å². The SMILES string of the molecule is CC[C@H](c1cccc(NS(=O)(=O)c2ccc(C(F)(F)F)cn2)c1)N(C)CC(=O)O. The van der Waals surface area contributed by atoms with Gasteiger partial charge in [0, 0.05) is 17.9 Å². The average molecular weight is 431 g/mol. The van der Waals surface area contributed by atoms with Crippen LogP contribution in [0.3, 0.4) is 0 Å². The number of carbonyl (C=O) groups is 1. The molecule has 29 heavy (non-hydrogen) atoms. The molecule has 1 aromatic heterocycles. The Morgan fingerprint density at radius 3 is 2.48 bits per heavy atom. The van der Waals surface area contributed by atoms with Gasteiger partial charge in [-0.3, -0.25) is 14.4 Å². The van der Waals surface area contributed by atoms with Gasteiger partial charge in [0.15, 0.2) is 5.03 Å². The second-order valence-corrected chi connectivity index (χ2v) is 7.98. The van der Waals surface area contributed by atoms with E-state index in [-0.39, 0.29) is 18.3 Å². The Hall–Kier alpha value is -2.66. The van der Waals surface area contributed by atoms with E-state index in [1.807, 2.05) is 6.92 Å². The van der Waals surface area contributed by atoms with Gasteiger partial charge in [0.05, 0.1) is 12.1 Å². The first-order valence-corrected chi connectivity index (χ1v) is 10.0. The summed E-state index contributed by atoms with van der Waals surface area (Å²) in [6, 6.07) is 7.53. The lowest BCUT2D eigenvalue weighted by atomic mass is 10.0. The molecule has 1 heterocycles. The fourth-order valence-electron chi connectivity index (χ4n) is 2.85. The Morgan fingerprint density at radius 2 is 1.97 bits per heavy atom. The van der Waals surface area contributed by atoms with Crippen LogP contribution in [0.25, 0.3) is 0 Å². The van der Waals surface area contributed by atoms with Crippen LogP contribution >= 0.6 is 0 Å². The molecule has 2 rings (SSSR count). The maximum absolute atomic E-state index is 12.6. The van der Waals surface area contributed by atoms with Crippen LogP contribution in [0.15, 0.2) is 47.6 Å². The standard InChI is InChI=1S/C18H20F3N3O4S/c1-3-15(24(2)11-17(25)26)12-5-4-6-14(9-12)23-29(27,28)16-8-7-13(10-22-16)18(19,20)21/h4-10,15,23H,3,11H2,1-2H3,(H,25,26)/t15-/m1/s1. The number of pyridine rings is 1. The fraction of sp³-hybridized carbons (Fsp3) is 0.333. The Labute approximate surface area is 166 Å². The van der Waals surface area contributed by atoms with E-state index in [0.29, 0.717) is 24.2 Å². The number of carboxylic acids is 1. The number of aromatic nitrogens is 1. The summed E-state index contributed by atoms with van der Waals surface area (Å²) in [6.07, 6.45) is -3.58. The summed E-state index contributed by atoms with van der Waals surface area (Å²) in [6.45, 7) is 1.68. The molecule has 0 amide bonds. The highest BCUT2D eigenvalue weighted by molar-refractivity contribution is 7.92. The maximum atomic E-state index is 12.6. The van der Waals surface area contributed by atoms with E-state index in [2.05, 4.69) is 9.71 Å². The van der Waals surface area contributed by atoms with Crippen molar-refractivity contribution in [3.05, 3.63) is 53.7 Å². The minimum atomic E-state index is -4.62. The van der Waals surface area contributed by atoms with E-state index in [9.17, 15) is 26.4 Å². The van der Waals surface area contributed by atoms with Gasteiger partial charge in [-0.15, -0.1) is 0 Å². The van der Waals surface area contributed by atoms with Crippen molar-refractivity contribution < 1.29 is 31.5 Å². The number of sulfonamides is 1. The highest BCUT2D eigenvalue weighted by Crippen LogP contribution is 2.29. The molecule has 0 saturated heterocycles. The number of aliphatic carboxylic acids is 1. The van der Waals surface area contributed by atoms with E-state index >= 15 is 0 Å². The molecule has 7 nitrogen and oxygen atoms in total. The highest BCUT2D eigenvalue weighted by Gasteiger charge is 2.31. The van der Waals surface area contributed by atoms with Crippen LogP contribution in [-0.2, 0) is 21.0 Å². The third-order valence-electron chi connectivity index (χ3n) is 4.17. The first-order chi connectivity index (χ1) is 13.4. The summed E-state index contributed by atoms with van der Waals surface area (Å²) in [5, 5.41) is 8.42. The first-order valence-electron chi connectivity index (χ1n) is 8.52. The van der Waals surface area contributed by atoms with Crippen LogP contribution in [0.2, 0.25) is 0 Å². The van der Waals surface area contributed by atoms with Gasteiger partial charge in [-0.25, -0.2) is 4.98 Å². The Bertz CT molecular complexity index is 963. The summed E-state index contributed by atoms with van der Waals surface area (Å²) in [5.41, 5.74) is -0.172.